The van der Waals surface area contributed by atoms with Gasteiger partial charge in [-0.15, -0.1) is 5.10 Å². The largest absolute Gasteiger partial charge is 0.333 e. The second kappa shape index (κ2) is 4.96. The standard InChI is InChI=1S/C12H21N5O/c1-12(2,3)14-11(18)16-7-4-10(5-8-16)17-9-6-13-15-17/h6,9-10H,4-5,7-8H2,1-3H3,(H,14,18). The Labute approximate surface area is 107 Å². The van der Waals surface area contributed by atoms with Crippen LogP contribution in [0.1, 0.15) is 39.7 Å². The summed E-state index contributed by atoms with van der Waals surface area (Å²) in [5, 5.41) is 10.8. The van der Waals surface area contributed by atoms with Crippen molar-refractivity contribution in [3.05, 3.63) is 12.4 Å². The Balaban J connectivity index is 1.85. The van der Waals surface area contributed by atoms with Gasteiger partial charge in [0, 0.05) is 24.8 Å². The van der Waals surface area contributed by atoms with Crippen LogP contribution in [0.15, 0.2) is 12.4 Å². The van der Waals surface area contributed by atoms with E-state index in [4.69, 9.17) is 0 Å². The lowest BCUT2D eigenvalue weighted by atomic mass is 10.1. The van der Waals surface area contributed by atoms with E-state index in [1.54, 1.807) is 6.20 Å². The van der Waals surface area contributed by atoms with Crippen molar-refractivity contribution in [2.24, 2.45) is 0 Å². The Kier molecular flexibility index (Phi) is 3.54. The molecule has 1 aliphatic heterocycles. The van der Waals surface area contributed by atoms with Gasteiger partial charge in [0.05, 0.1) is 12.2 Å². The van der Waals surface area contributed by atoms with Gasteiger partial charge in [0.25, 0.3) is 0 Å². The van der Waals surface area contributed by atoms with E-state index in [9.17, 15) is 4.79 Å². The Bertz CT molecular complexity index is 387. The zero-order chi connectivity index (χ0) is 13.2. The molecule has 0 unspecified atom stereocenters. The maximum atomic E-state index is 12.0. The number of rotatable bonds is 1. The van der Waals surface area contributed by atoms with Gasteiger partial charge in [-0.25, -0.2) is 9.48 Å². The second-order valence-electron chi connectivity index (χ2n) is 5.78. The first kappa shape index (κ1) is 12.9. The average Bonchev–Trinajstić information content (AvgIpc) is 2.80. The minimum absolute atomic E-state index is 0.0274. The van der Waals surface area contributed by atoms with Crippen molar-refractivity contribution in [2.45, 2.75) is 45.2 Å². The Hall–Kier alpha value is -1.59. The topological polar surface area (TPSA) is 63.1 Å². The van der Waals surface area contributed by atoms with Crippen LogP contribution in [0, 0.1) is 0 Å². The van der Waals surface area contributed by atoms with Crippen LogP contribution >= 0.6 is 0 Å². The van der Waals surface area contributed by atoms with E-state index in [0.29, 0.717) is 6.04 Å². The normalized spacial score (nSPS) is 17.8. The lowest BCUT2D eigenvalue weighted by Gasteiger charge is -2.34. The molecule has 1 fully saturated rings. The number of amides is 2. The molecule has 2 rings (SSSR count). The summed E-state index contributed by atoms with van der Waals surface area (Å²) in [6, 6.07) is 0.394. The summed E-state index contributed by atoms with van der Waals surface area (Å²) in [6.45, 7) is 7.52. The van der Waals surface area contributed by atoms with Gasteiger partial charge in [0.15, 0.2) is 0 Å². The molecule has 1 aliphatic rings. The van der Waals surface area contributed by atoms with Gasteiger partial charge in [0.2, 0.25) is 0 Å². The number of urea groups is 1. The summed E-state index contributed by atoms with van der Waals surface area (Å²) in [5.74, 6) is 0. The number of carbonyl (C=O) groups is 1. The fourth-order valence-corrected chi connectivity index (χ4v) is 2.15. The second-order valence-corrected chi connectivity index (χ2v) is 5.78. The fraction of sp³-hybridized carbons (Fsp3) is 0.750. The predicted molar refractivity (Wildman–Crippen MR) is 68.2 cm³/mol. The van der Waals surface area contributed by atoms with E-state index in [1.165, 1.54) is 0 Å². The van der Waals surface area contributed by atoms with Gasteiger partial charge >= 0.3 is 6.03 Å². The summed E-state index contributed by atoms with van der Waals surface area (Å²) in [7, 11) is 0. The molecular formula is C12H21N5O. The van der Waals surface area contributed by atoms with E-state index in [-0.39, 0.29) is 11.6 Å². The van der Waals surface area contributed by atoms with Crippen LogP contribution in [0.4, 0.5) is 4.79 Å². The summed E-state index contributed by atoms with van der Waals surface area (Å²) in [6.07, 6.45) is 5.44. The highest BCUT2D eigenvalue weighted by Gasteiger charge is 2.26. The molecule has 0 atom stereocenters. The maximum Gasteiger partial charge on any atom is 0.317 e. The van der Waals surface area contributed by atoms with Crippen molar-refractivity contribution in [3.8, 4) is 0 Å². The third-order valence-corrected chi connectivity index (χ3v) is 3.05. The third kappa shape index (κ3) is 3.21. The van der Waals surface area contributed by atoms with Crippen molar-refractivity contribution in [3.63, 3.8) is 0 Å². The molecule has 2 heterocycles. The zero-order valence-electron chi connectivity index (χ0n) is 11.3. The lowest BCUT2D eigenvalue weighted by Crippen LogP contribution is -2.50. The molecular weight excluding hydrogens is 230 g/mol. The molecule has 18 heavy (non-hydrogen) atoms. The predicted octanol–water partition coefficient (Wildman–Crippen LogP) is 1.42. The van der Waals surface area contributed by atoms with Crippen molar-refractivity contribution in [1.29, 1.82) is 0 Å². The number of nitrogens with one attached hydrogen (secondary N) is 1. The molecule has 0 radical (unpaired) electrons. The van der Waals surface area contributed by atoms with Crippen LogP contribution < -0.4 is 5.32 Å². The lowest BCUT2D eigenvalue weighted by molar-refractivity contribution is 0.161. The number of hydrogen-bond donors (Lipinski definition) is 1. The molecule has 6 nitrogen and oxygen atoms in total. The Morgan fingerprint density at radius 1 is 1.33 bits per heavy atom. The minimum Gasteiger partial charge on any atom is -0.333 e. The fourth-order valence-electron chi connectivity index (χ4n) is 2.15. The summed E-state index contributed by atoms with van der Waals surface area (Å²) >= 11 is 0. The Morgan fingerprint density at radius 2 is 2.00 bits per heavy atom. The number of piperidine rings is 1. The number of nitrogens with zero attached hydrogens (tertiary/aromatic N) is 4. The highest BCUT2D eigenvalue weighted by Crippen LogP contribution is 2.21. The van der Waals surface area contributed by atoms with Crippen molar-refractivity contribution in [1.82, 2.24) is 25.2 Å². The van der Waals surface area contributed by atoms with E-state index in [1.807, 2.05) is 36.5 Å². The highest BCUT2D eigenvalue weighted by atomic mass is 16.2. The SMILES string of the molecule is CC(C)(C)NC(=O)N1CCC(n2ccnn2)CC1. The molecule has 1 aromatic heterocycles. The summed E-state index contributed by atoms with van der Waals surface area (Å²) < 4.78 is 1.89. The number of likely N-dealkylation sites (tertiary alicyclic amines) is 1. The van der Waals surface area contributed by atoms with Crippen molar-refractivity contribution < 1.29 is 4.79 Å². The van der Waals surface area contributed by atoms with Gasteiger partial charge in [-0.3, -0.25) is 0 Å². The molecule has 100 valence electrons. The summed E-state index contributed by atoms with van der Waals surface area (Å²) in [4.78, 5) is 13.9. The quantitative estimate of drug-likeness (QED) is 0.821. The van der Waals surface area contributed by atoms with Crippen LogP contribution in [0.3, 0.4) is 0 Å². The van der Waals surface area contributed by atoms with E-state index in [2.05, 4.69) is 15.6 Å². The van der Waals surface area contributed by atoms with Gasteiger partial charge in [-0.05, 0) is 33.6 Å². The number of aromatic nitrogens is 3. The number of carbonyl (C=O) groups excluding carboxylic acids is 1. The van der Waals surface area contributed by atoms with E-state index in [0.717, 1.165) is 25.9 Å². The first-order valence-corrected chi connectivity index (χ1v) is 6.38. The molecule has 6 heteroatoms. The smallest absolute Gasteiger partial charge is 0.317 e. The summed E-state index contributed by atoms with van der Waals surface area (Å²) in [5.41, 5.74) is -0.181. The van der Waals surface area contributed by atoms with Crippen LogP contribution in [-0.2, 0) is 0 Å². The molecule has 1 aromatic rings. The van der Waals surface area contributed by atoms with Crippen LogP contribution in [0.5, 0.6) is 0 Å². The molecule has 0 saturated carbocycles. The van der Waals surface area contributed by atoms with Crippen molar-refractivity contribution >= 4 is 6.03 Å². The molecule has 0 bridgehead atoms. The zero-order valence-corrected chi connectivity index (χ0v) is 11.3. The first-order valence-electron chi connectivity index (χ1n) is 6.38. The van der Waals surface area contributed by atoms with Crippen LogP contribution in [-0.4, -0.2) is 44.6 Å². The van der Waals surface area contributed by atoms with Gasteiger partial charge in [-0.2, -0.15) is 0 Å². The van der Waals surface area contributed by atoms with Crippen LogP contribution in [0.2, 0.25) is 0 Å². The average molecular weight is 251 g/mol. The monoisotopic (exact) mass is 251 g/mol. The van der Waals surface area contributed by atoms with Gasteiger partial charge in [-0.1, -0.05) is 5.21 Å². The van der Waals surface area contributed by atoms with Gasteiger partial charge < -0.3 is 10.2 Å². The molecule has 0 spiro atoms. The molecule has 0 aliphatic carbocycles. The minimum atomic E-state index is -0.181. The maximum absolute atomic E-state index is 12.0. The van der Waals surface area contributed by atoms with E-state index >= 15 is 0 Å². The molecule has 0 aromatic carbocycles. The highest BCUT2D eigenvalue weighted by molar-refractivity contribution is 5.75. The number of hydrogen-bond acceptors (Lipinski definition) is 3. The van der Waals surface area contributed by atoms with Crippen LogP contribution in [0.25, 0.3) is 0 Å². The first-order chi connectivity index (χ1) is 8.46. The third-order valence-electron chi connectivity index (χ3n) is 3.05. The molecule has 1 N–H and O–H groups in total. The van der Waals surface area contributed by atoms with Crippen molar-refractivity contribution in [2.75, 3.05) is 13.1 Å². The van der Waals surface area contributed by atoms with E-state index < -0.39 is 0 Å². The van der Waals surface area contributed by atoms with Gasteiger partial charge in [0.1, 0.15) is 0 Å². The Morgan fingerprint density at radius 3 is 2.50 bits per heavy atom. The molecule has 2 amide bonds. The molecule has 1 saturated heterocycles.